The molecule has 4 unspecified atom stereocenters. The zero-order valence-electron chi connectivity index (χ0n) is 39.9. The van der Waals surface area contributed by atoms with Gasteiger partial charge in [-0.05, 0) is 133 Å². The SMILES string of the molecule is CC1(C)CC(NC2OC2N(C(=NC2CCCCC2)ON=C2CCCCC2)C2CCCCC2)CC(C)(CNC(=O)N(C(=NC2CCCCC2)ON=C2CCCCC2)C2CCCCC2)C1. The summed E-state index contributed by atoms with van der Waals surface area (Å²) in [6.07, 6.45) is 37.2. The van der Waals surface area contributed by atoms with Gasteiger partial charge in [0.15, 0.2) is 12.5 Å². The molecule has 8 fully saturated rings. The fourth-order valence-corrected chi connectivity index (χ4v) is 12.8. The van der Waals surface area contributed by atoms with Crippen LogP contribution in [0, 0.1) is 10.8 Å². The second-order valence-electron chi connectivity index (χ2n) is 22.4. The van der Waals surface area contributed by atoms with Gasteiger partial charge in [0.1, 0.15) is 0 Å². The van der Waals surface area contributed by atoms with Crippen molar-refractivity contribution in [3.8, 4) is 0 Å². The molecule has 0 aromatic carbocycles. The maximum atomic E-state index is 14.8. The lowest BCUT2D eigenvalue weighted by molar-refractivity contribution is 0.0653. The first-order valence-electron chi connectivity index (χ1n) is 26.6. The number of epoxide rings is 1. The van der Waals surface area contributed by atoms with Crippen LogP contribution in [0.25, 0.3) is 0 Å². The number of urea groups is 1. The van der Waals surface area contributed by atoms with Gasteiger partial charge >= 0.3 is 18.1 Å². The molecule has 12 heteroatoms. The standard InChI is InChI=1S/C51H86N8O4/c1-50(2)34-42(53-45-46(61-45)58(43-30-18-8-19-31-43)48(54-38-22-10-4-11-23-38)62-56-40-26-14-6-15-27-40)35-51(3,36-50)37-52-47(60)59(44-32-20-9-21-33-44)49(55-39-24-12-5-13-25-39)63-57-41-28-16-7-17-29-41/h38-39,42-46,53H,4-37H2,1-3H3,(H,52,60). The van der Waals surface area contributed by atoms with Gasteiger partial charge in [0.25, 0.3) is 0 Å². The van der Waals surface area contributed by atoms with Crippen LogP contribution in [0.5, 0.6) is 0 Å². The van der Waals surface area contributed by atoms with E-state index in [0.717, 1.165) is 128 Å². The van der Waals surface area contributed by atoms with Crippen molar-refractivity contribution in [3.05, 3.63) is 0 Å². The second-order valence-corrected chi connectivity index (χ2v) is 22.4. The number of carbonyl (C=O) groups excluding carboxylic acids is 1. The Morgan fingerprint density at radius 3 is 1.65 bits per heavy atom. The van der Waals surface area contributed by atoms with Gasteiger partial charge in [-0.1, -0.05) is 121 Å². The first-order chi connectivity index (χ1) is 30.7. The van der Waals surface area contributed by atoms with E-state index in [9.17, 15) is 4.79 Å². The van der Waals surface area contributed by atoms with Gasteiger partial charge in [-0.2, -0.15) is 0 Å². The molecule has 7 aliphatic carbocycles. The van der Waals surface area contributed by atoms with Gasteiger partial charge in [0, 0.05) is 24.7 Å². The molecule has 0 spiro atoms. The lowest BCUT2D eigenvalue weighted by atomic mass is 9.62. The van der Waals surface area contributed by atoms with E-state index in [0.29, 0.717) is 24.6 Å². The number of nitrogens with one attached hydrogen (secondary N) is 2. The molecular formula is C51H86N8O4. The molecule has 0 aromatic rings. The molecular weight excluding hydrogens is 789 g/mol. The zero-order valence-corrected chi connectivity index (χ0v) is 39.9. The normalized spacial score (nSPS) is 30.9. The van der Waals surface area contributed by atoms with Crippen LogP contribution in [0.2, 0.25) is 0 Å². The predicted molar refractivity (Wildman–Crippen MR) is 254 cm³/mol. The number of amidine groups is 2. The Morgan fingerprint density at radius 1 is 0.619 bits per heavy atom. The highest BCUT2D eigenvalue weighted by molar-refractivity contribution is 5.94. The minimum absolute atomic E-state index is 0.0679. The summed E-state index contributed by atoms with van der Waals surface area (Å²) in [5.74, 6) is 0. The third-order valence-corrected chi connectivity index (χ3v) is 15.9. The summed E-state index contributed by atoms with van der Waals surface area (Å²) < 4.78 is 6.68. The van der Waals surface area contributed by atoms with Crippen molar-refractivity contribution in [3.63, 3.8) is 0 Å². The van der Waals surface area contributed by atoms with E-state index in [4.69, 9.17) is 34.7 Å². The summed E-state index contributed by atoms with van der Waals surface area (Å²) in [5, 5.41) is 17.0. The second kappa shape index (κ2) is 22.6. The van der Waals surface area contributed by atoms with E-state index in [1.54, 1.807) is 0 Å². The van der Waals surface area contributed by atoms with Crippen molar-refractivity contribution < 1.29 is 19.2 Å². The fraction of sp³-hybridized carbons (Fsp3) is 0.902. The van der Waals surface area contributed by atoms with Gasteiger partial charge in [0.05, 0.1) is 23.5 Å². The highest BCUT2D eigenvalue weighted by atomic mass is 16.7. The van der Waals surface area contributed by atoms with Crippen molar-refractivity contribution in [1.82, 2.24) is 20.4 Å². The molecule has 2 amide bonds. The maximum Gasteiger partial charge on any atom is 0.326 e. The largest absolute Gasteiger partial charge is 0.337 e. The minimum Gasteiger partial charge on any atom is -0.337 e. The Labute approximate surface area is 381 Å². The number of ether oxygens (including phenoxy) is 1. The number of hydrogen-bond acceptors (Lipinski definition) is 9. The Kier molecular flexibility index (Phi) is 16.8. The molecule has 12 nitrogen and oxygen atoms in total. The van der Waals surface area contributed by atoms with Gasteiger partial charge in [-0.25, -0.2) is 19.7 Å². The molecule has 1 saturated heterocycles. The van der Waals surface area contributed by atoms with Crippen LogP contribution in [0.15, 0.2) is 20.3 Å². The number of nitrogens with zero attached hydrogens (tertiary/aromatic N) is 6. The van der Waals surface area contributed by atoms with Crippen LogP contribution in [0.4, 0.5) is 4.79 Å². The van der Waals surface area contributed by atoms with Crippen LogP contribution >= 0.6 is 0 Å². The molecule has 4 atom stereocenters. The summed E-state index contributed by atoms with van der Waals surface area (Å²) in [4.78, 5) is 42.6. The summed E-state index contributed by atoms with van der Waals surface area (Å²) in [7, 11) is 0. The van der Waals surface area contributed by atoms with E-state index in [-0.39, 0.29) is 53.5 Å². The Morgan fingerprint density at radius 2 is 1.10 bits per heavy atom. The summed E-state index contributed by atoms with van der Waals surface area (Å²) in [5.41, 5.74) is 2.26. The zero-order chi connectivity index (χ0) is 43.5. The van der Waals surface area contributed by atoms with Crippen LogP contribution in [0.3, 0.4) is 0 Å². The third kappa shape index (κ3) is 13.7. The number of carbonyl (C=O) groups is 1. The number of oxime groups is 2. The minimum atomic E-state index is -0.124. The Hall–Kier alpha value is -2.73. The van der Waals surface area contributed by atoms with Crippen LogP contribution in [-0.2, 0) is 14.4 Å². The molecule has 1 heterocycles. The lowest BCUT2D eigenvalue weighted by Crippen LogP contribution is -2.55. The Bertz CT molecular complexity index is 1570. The van der Waals surface area contributed by atoms with Crippen LogP contribution in [0.1, 0.15) is 233 Å². The maximum absolute atomic E-state index is 14.8. The van der Waals surface area contributed by atoms with Crippen LogP contribution < -0.4 is 10.6 Å². The van der Waals surface area contributed by atoms with E-state index < -0.39 is 0 Å². The van der Waals surface area contributed by atoms with Gasteiger partial charge in [-0.3, -0.25) is 10.2 Å². The molecule has 0 bridgehead atoms. The first kappa shape index (κ1) is 46.8. The Balaban J connectivity index is 0.966. The molecule has 7 saturated carbocycles. The van der Waals surface area contributed by atoms with Crippen molar-refractivity contribution >= 4 is 29.5 Å². The fourth-order valence-electron chi connectivity index (χ4n) is 12.8. The number of rotatable bonds is 11. The van der Waals surface area contributed by atoms with E-state index in [1.807, 2.05) is 4.90 Å². The third-order valence-electron chi connectivity index (χ3n) is 15.9. The molecule has 0 radical (unpaired) electrons. The average molecular weight is 875 g/mol. The summed E-state index contributed by atoms with van der Waals surface area (Å²) in [6, 6.07) is 2.16. The summed E-state index contributed by atoms with van der Waals surface area (Å²) in [6.45, 7) is 7.77. The van der Waals surface area contributed by atoms with Gasteiger partial charge in [-0.15, -0.1) is 0 Å². The molecule has 2 N–H and O–H groups in total. The van der Waals surface area contributed by atoms with Gasteiger partial charge in [0.2, 0.25) is 0 Å². The molecule has 354 valence electrons. The van der Waals surface area contributed by atoms with E-state index in [2.05, 4.69) is 36.3 Å². The number of hydrogen-bond donors (Lipinski definition) is 2. The van der Waals surface area contributed by atoms with Crippen molar-refractivity contribution in [2.24, 2.45) is 31.1 Å². The van der Waals surface area contributed by atoms with Gasteiger partial charge < -0.3 is 19.7 Å². The van der Waals surface area contributed by atoms with Crippen molar-refractivity contribution in [2.45, 2.75) is 275 Å². The van der Waals surface area contributed by atoms with Crippen molar-refractivity contribution in [2.75, 3.05) is 6.54 Å². The predicted octanol–water partition coefficient (Wildman–Crippen LogP) is 11.9. The number of aliphatic imine (C=N–C) groups is 2. The van der Waals surface area contributed by atoms with E-state index in [1.165, 1.54) is 95.6 Å². The van der Waals surface area contributed by atoms with Crippen LogP contribution in [-0.4, -0.2) is 88.5 Å². The average Bonchev–Trinajstić information content (AvgIpc) is 4.05. The number of amides is 2. The molecule has 8 rings (SSSR count). The summed E-state index contributed by atoms with van der Waals surface area (Å²) >= 11 is 0. The highest BCUT2D eigenvalue weighted by Crippen LogP contribution is 2.47. The smallest absolute Gasteiger partial charge is 0.326 e. The molecule has 0 aromatic heterocycles. The topological polar surface area (TPSA) is 128 Å². The molecule has 8 aliphatic rings. The quantitative estimate of drug-likeness (QED) is 0.0921. The first-order valence-corrected chi connectivity index (χ1v) is 26.6. The van der Waals surface area contributed by atoms with Crippen molar-refractivity contribution in [1.29, 1.82) is 0 Å². The monoisotopic (exact) mass is 875 g/mol. The molecule has 1 aliphatic heterocycles. The van der Waals surface area contributed by atoms with E-state index >= 15 is 0 Å². The highest BCUT2D eigenvalue weighted by Gasteiger charge is 2.52. The molecule has 63 heavy (non-hydrogen) atoms. The lowest BCUT2D eigenvalue weighted by Gasteiger charge is -2.47.